The van der Waals surface area contributed by atoms with E-state index >= 15 is 0 Å². The smallest absolute Gasteiger partial charge is 0.240 e. The van der Waals surface area contributed by atoms with Gasteiger partial charge in [0.1, 0.15) is 0 Å². The summed E-state index contributed by atoms with van der Waals surface area (Å²) in [7, 11) is 4.60. The van der Waals surface area contributed by atoms with E-state index in [-0.39, 0.29) is 5.91 Å². The van der Waals surface area contributed by atoms with Crippen LogP contribution >= 0.6 is 0 Å². The van der Waals surface area contributed by atoms with Crippen LogP contribution in [0.3, 0.4) is 0 Å². The fraction of sp³-hybridized carbons (Fsp3) is 0.650. The van der Waals surface area contributed by atoms with Crippen LogP contribution in [0.15, 0.2) is 18.2 Å². The van der Waals surface area contributed by atoms with Crippen molar-refractivity contribution in [2.45, 2.75) is 19.3 Å². The van der Waals surface area contributed by atoms with Crippen LogP contribution in [0, 0.1) is 0 Å². The van der Waals surface area contributed by atoms with Crippen molar-refractivity contribution in [2.24, 2.45) is 0 Å². The number of quaternary nitrogens is 1. The molecule has 0 spiro atoms. The van der Waals surface area contributed by atoms with Crippen LogP contribution in [0.4, 0.5) is 11.4 Å². The highest BCUT2D eigenvalue weighted by molar-refractivity contribution is 5.96. The lowest BCUT2D eigenvalue weighted by Gasteiger charge is -2.39. The number of rotatable bonds is 6. The zero-order valence-electron chi connectivity index (χ0n) is 16.3. The average Bonchev–Trinajstić information content (AvgIpc) is 2.62. The Morgan fingerprint density at radius 1 is 1.23 bits per heavy atom. The van der Waals surface area contributed by atoms with Crippen molar-refractivity contribution in [1.29, 1.82) is 0 Å². The second kappa shape index (κ2) is 8.37. The maximum Gasteiger partial charge on any atom is 0.240 e. The Morgan fingerprint density at radius 2 is 2.00 bits per heavy atom. The molecule has 1 fully saturated rings. The number of nitrogen functional groups attached to an aromatic ring is 1. The minimum absolute atomic E-state index is 0.147. The molecule has 1 saturated heterocycles. The van der Waals surface area contributed by atoms with Crippen LogP contribution in [0.25, 0.3) is 0 Å². The molecule has 0 aromatic heterocycles. The summed E-state index contributed by atoms with van der Waals surface area (Å²) >= 11 is 0. The van der Waals surface area contributed by atoms with Gasteiger partial charge in [-0.15, -0.1) is 0 Å². The van der Waals surface area contributed by atoms with Crippen molar-refractivity contribution < 1.29 is 9.28 Å². The number of carbonyl (C=O) groups excluding carboxylic acids is 1. The van der Waals surface area contributed by atoms with Gasteiger partial charge in [0.15, 0.2) is 0 Å². The number of piperazine rings is 1. The Kier molecular flexibility index (Phi) is 6.16. The van der Waals surface area contributed by atoms with Crippen LogP contribution in [-0.4, -0.2) is 81.7 Å². The van der Waals surface area contributed by atoms with Crippen LogP contribution < -0.4 is 16.0 Å². The van der Waals surface area contributed by atoms with E-state index in [4.69, 9.17) is 5.73 Å². The molecule has 0 atom stereocenters. The predicted octanol–water partition coefficient (Wildman–Crippen LogP) is 0.920. The van der Waals surface area contributed by atoms with Gasteiger partial charge in [-0.05, 0) is 50.0 Å². The Morgan fingerprint density at radius 3 is 2.77 bits per heavy atom. The lowest BCUT2D eigenvalue weighted by molar-refractivity contribution is -0.894. The third-order valence-corrected chi connectivity index (χ3v) is 5.68. The first kappa shape index (κ1) is 19.1. The van der Waals surface area contributed by atoms with Gasteiger partial charge in [0, 0.05) is 31.0 Å². The first-order valence-corrected chi connectivity index (χ1v) is 9.88. The van der Waals surface area contributed by atoms with E-state index in [1.807, 2.05) is 17.0 Å². The van der Waals surface area contributed by atoms with Gasteiger partial charge in [-0.25, -0.2) is 0 Å². The Bertz CT molecular complexity index is 621. The molecule has 6 nitrogen and oxygen atoms in total. The van der Waals surface area contributed by atoms with Gasteiger partial charge in [0.2, 0.25) is 5.91 Å². The van der Waals surface area contributed by atoms with Crippen LogP contribution in [0.5, 0.6) is 0 Å². The molecule has 3 N–H and O–H groups in total. The van der Waals surface area contributed by atoms with E-state index in [0.29, 0.717) is 6.54 Å². The topological polar surface area (TPSA) is 61.6 Å². The second-order valence-corrected chi connectivity index (χ2v) is 8.29. The number of benzene rings is 1. The Balaban J connectivity index is 1.38. The lowest BCUT2D eigenvalue weighted by atomic mass is 10.0. The number of aryl methyl sites for hydroxylation is 1. The maximum atomic E-state index is 12.6. The van der Waals surface area contributed by atoms with Gasteiger partial charge >= 0.3 is 0 Å². The normalized spacial score (nSPS) is 20.0. The number of nitrogens with two attached hydrogens (primary N) is 1. The average molecular weight is 361 g/mol. The molecule has 6 heteroatoms. The molecule has 0 radical (unpaired) electrons. The van der Waals surface area contributed by atoms with Crippen molar-refractivity contribution in [2.75, 3.05) is 77.1 Å². The highest BCUT2D eigenvalue weighted by Gasteiger charge is 2.24. The number of fused-ring (bicyclic) bond motifs is 1. The summed E-state index contributed by atoms with van der Waals surface area (Å²) in [6.45, 7) is 8.00. The molecule has 0 unspecified atom stereocenters. The Hall–Kier alpha value is -1.63. The fourth-order valence-electron chi connectivity index (χ4n) is 3.84. The standard InChI is InChI=1S/C20H34N5O/c1-25(2)13-11-23(12-14-25)9-4-8-22-16-20(26)24-10-3-5-17-6-7-18(21)15-19(17)24/h6-7,15,22H,3-5,8-14,16,21H2,1-2H3/q+1. The molecular weight excluding hydrogens is 326 g/mol. The largest absolute Gasteiger partial charge is 0.399 e. The summed E-state index contributed by atoms with van der Waals surface area (Å²) in [6, 6.07) is 5.91. The molecule has 2 aliphatic rings. The van der Waals surface area contributed by atoms with Gasteiger partial charge in [-0.1, -0.05) is 6.07 Å². The molecule has 26 heavy (non-hydrogen) atoms. The predicted molar refractivity (Wildman–Crippen MR) is 107 cm³/mol. The number of nitrogens with zero attached hydrogens (tertiary/aromatic N) is 3. The van der Waals surface area contributed by atoms with Crippen molar-refractivity contribution in [3.8, 4) is 0 Å². The van der Waals surface area contributed by atoms with E-state index < -0.39 is 0 Å². The van der Waals surface area contributed by atoms with Crippen LogP contribution in [0.1, 0.15) is 18.4 Å². The molecule has 2 aliphatic heterocycles. The minimum atomic E-state index is 0.147. The van der Waals surface area contributed by atoms with Crippen molar-refractivity contribution in [1.82, 2.24) is 10.2 Å². The monoisotopic (exact) mass is 360 g/mol. The molecule has 0 bridgehead atoms. The summed E-state index contributed by atoms with van der Waals surface area (Å²) in [4.78, 5) is 17.1. The molecule has 1 aromatic carbocycles. The van der Waals surface area contributed by atoms with Crippen molar-refractivity contribution in [3.05, 3.63) is 23.8 Å². The van der Waals surface area contributed by atoms with Crippen LogP contribution in [0.2, 0.25) is 0 Å². The second-order valence-electron chi connectivity index (χ2n) is 8.29. The minimum Gasteiger partial charge on any atom is -0.399 e. The first-order chi connectivity index (χ1) is 12.4. The molecule has 3 rings (SSSR count). The van der Waals surface area contributed by atoms with E-state index in [1.54, 1.807) is 0 Å². The quantitative estimate of drug-likeness (QED) is 0.450. The van der Waals surface area contributed by atoms with E-state index in [1.165, 1.54) is 31.7 Å². The maximum absolute atomic E-state index is 12.6. The Labute approximate surface area is 157 Å². The molecular formula is C20H34N5O+. The summed E-state index contributed by atoms with van der Waals surface area (Å²) < 4.78 is 1.13. The number of hydrogen-bond acceptors (Lipinski definition) is 4. The van der Waals surface area contributed by atoms with Gasteiger partial charge < -0.3 is 20.4 Å². The number of amides is 1. The van der Waals surface area contributed by atoms with Gasteiger partial charge in [-0.2, -0.15) is 0 Å². The van der Waals surface area contributed by atoms with E-state index in [2.05, 4.69) is 30.4 Å². The molecule has 1 amide bonds. The highest BCUT2D eigenvalue weighted by atomic mass is 16.2. The third kappa shape index (κ3) is 4.96. The summed E-state index contributed by atoms with van der Waals surface area (Å²) in [5, 5.41) is 3.33. The van der Waals surface area contributed by atoms with E-state index in [0.717, 1.165) is 54.8 Å². The number of anilines is 2. The van der Waals surface area contributed by atoms with Crippen molar-refractivity contribution in [3.63, 3.8) is 0 Å². The summed E-state index contributed by atoms with van der Waals surface area (Å²) in [6.07, 6.45) is 3.13. The van der Waals surface area contributed by atoms with Crippen LogP contribution in [-0.2, 0) is 11.2 Å². The van der Waals surface area contributed by atoms with Crippen molar-refractivity contribution >= 4 is 17.3 Å². The number of likely N-dealkylation sites (N-methyl/N-ethyl adjacent to an activating group) is 1. The molecule has 1 aromatic rings. The zero-order valence-corrected chi connectivity index (χ0v) is 16.3. The van der Waals surface area contributed by atoms with Gasteiger partial charge in [-0.3, -0.25) is 9.69 Å². The van der Waals surface area contributed by atoms with Gasteiger partial charge in [0.05, 0.1) is 33.7 Å². The fourth-order valence-corrected chi connectivity index (χ4v) is 3.84. The molecule has 0 saturated carbocycles. The van der Waals surface area contributed by atoms with E-state index in [9.17, 15) is 4.79 Å². The molecule has 144 valence electrons. The third-order valence-electron chi connectivity index (χ3n) is 5.68. The van der Waals surface area contributed by atoms with Gasteiger partial charge in [0.25, 0.3) is 0 Å². The summed E-state index contributed by atoms with van der Waals surface area (Å²) in [5.74, 6) is 0.147. The molecule has 0 aliphatic carbocycles. The first-order valence-electron chi connectivity index (χ1n) is 9.88. The highest BCUT2D eigenvalue weighted by Crippen LogP contribution is 2.29. The summed E-state index contributed by atoms with van der Waals surface area (Å²) in [5.41, 5.74) is 8.86. The SMILES string of the molecule is C[N+]1(C)CCN(CCCNCC(=O)N2CCCc3ccc(N)cc32)CC1. The number of nitrogens with one attached hydrogen (secondary N) is 1. The zero-order chi connectivity index (χ0) is 18.6. The lowest BCUT2D eigenvalue weighted by Crippen LogP contribution is -2.54. The number of hydrogen-bond donors (Lipinski definition) is 2. The number of carbonyl (C=O) groups is 1. The molecule has 2 heterocycles.